The second-order valence-corrected chi connectivity index (χ2v) is 6.51. The van der Waals surface area contributed by atoms with Crippen molar-refractivity contribution in [2.75, 3.05) is 19.6 Å². The highest BCUT2D eigenvalue weighted by Crippen LogP contribution is 2.19. The fourth-order valence-electron chi connectivity index (χ4n) is 3.44. The molecule has 0 aromatic carbocycles. The van der Waals surface area contributed by atoms with Gasteiger partial charge < -0.3 is 19.3 Å². The lowest BCUT2D eigenvalue weighted by Gasteiger charge is -2.28. The van der Waals surface area contributed by atoms with E-state index in [4.69, 9.17) is 5.11 Å². The highest BCUT2D eigenvalue weighted by atomic mass is 16.4. The Balaban J connectivity index is 1.70. The van der Waals surface area contributed by atoms with E-state index in [0.29, 0.717) is 43.7 Å². The zero-order valence-corrected chi connectivity index (χ0v) is 14.7. The Bertz CT molecular complexity index is 798. The smallest absolute Gasteiger partial charge is 0.323 e. The molecule has 1 aliphatic heterocycles. The number of aromatic nitrogens is 2. The average molecular weight is 358 g/mol. The van der Waals surface area contributed by atoms with Crippen LogP contribution in [-0.2, 0) is 9.59 Å². The number of carboxylic acid groups (broad SMARTS) is 1. The molecule has 1 fully saturated rings. The molecule has 1 N–H and O–H groups in total. The van der Waals surface area contributed by atoms with Crippen LogP contribution in [0.2, 0.25) is 0 Å². The van der Waals surface area contributed by atoms with Crippen molar-refractivity contribution in [3.63, 3.8) is 0 Å². The van der Waals surface area contributed by atoms with Crippen molar-refractivity contribution < 1.29 is 19.5 Å². The Morgan fingerprint density at radius 2 is 2.08 bits per heavy atom. The lowest BCUT2D eigenvalue weighted by molar-refractivity contribution is -0.145. The molecule has 2 aromatic heterocycles. The summed E-state index contributed by atoms with van der Waals surface area (Å²) in [6, 6.07) is 5.42. The molecule has 8 nitrogen and oxygen atoms in total. The van der Waals surface area contributed by atoms with Crippen LogP contribution in [0.25, 0.3) is 5.65 Å². The van der Waals surface area contributed by atoms with Crippen molar-refractivity contribution in [3.8, 4) is 0 Å². The van der Waals surface area contributed by atoms with Crippen molar-refractivity contribution in [2.45, 2.75) is 32.2 Å². The number of fused-ring (bicyclic) bond motifs is 1. The molecule has 8 heteroatoms. The number of nitrogens with zero attached hydrogens (tertiary/aromatic N) is 4. The molecular weight excluding hydrogens is 336 g/mol. The summed E-state index contributed by atoms with van der Waals surface area (Å²) < 4.78 is 1.80. The Morgan fingerprint density at radius 3 is 2.77 bits per heavy atom. The van der Waals surface area contributed by atoms with Crippen LogP contribution in [0.4, 0.5) is 0 Å². The van der Waals surface area contributed by atoms with Crippen LogP contribution in [-0.4, -0.2) is 67.8 Å². The number of hydrogen-bond donors (Lipinski definition) is 1. The van der Waals surface area contributed by atoms with Crippen molar-refractivity contribution in [1.29, 1.82) is 0 Å². The van der Waals surface area contributed by atoms with Gasteiger partial charge in [-0.05, 0) is 31.4 Å². The molecule has 0 radical (unpaired) electrons. The second-order valence-electron chi connectivity index (χ2n) is 6.51. The van der Waals surface area contributed by atoms with Gasteiger partial charge >= 0.3 is 5.97 Å². The van der Waals surface area contributed by atoms with Gasteiger partial charge in [-0.3, -0.25) is 14.4 Å². The molecule has 0 saturated carbocycles. The van der Waals surface area contributed by atoms with E-state index in [1.165, 1.54) is 11.8 Å². The Morgan fingerprint density at radius 1 is 1.27 bits per heavy atom. The predicted molar refractivity (Wildman–Crippen MR) is 93.8 cm³/mol. The zero-order chi connectivity index (χ0) is 18.7. The standard InChI is InChI=1S/C18H22N4O4/c1-13(23)22(12-17(24)25)14-5-4-9-20(10-7-14)18(26)15-11-21-8-3-2-6-16(21)19-15/h2-3,6,8,11,14H,4-5,7,9-10,12H2,1H3,(H,24,25). The summed E-state index contributed by atoms with van der Waals surface area (Å²) in [7, 11) is 0. The minimum atomic E-state index is -1.03. The quantitative estimate of drug-likeness (QED) is 0.888. The van der Waals surface area contributed by atoms with Crippen LogP contribution < -0.4 is 0 Å². The molecule has 1 aliphatic rings. The summed E-state index contributed by atoms with van der Waals surface area (Å²) in [6.07, 6.45) is 5.52. The SMILES string of the molecule is CC(=O)N(CC(=O)O)C1CCCN(C(=O)c2cn3ccccc3n2)CC1. The minimum Gasteiger partial charge on any atom is -0.480 e. The highest BCUT2D eigenvalue weighted by Gasteiger charge is 2.28. The number of aliphatic carboxylic acids is 1. The minimum absolute atomic E-state index is 0.137. The molecule has 0 spiro atoms. The van der Waals surface area contributed by atoms with Gasteiger partial charge in [0, 0.05) is 38.4 Å². The maximum absolute atomic E-state index is 12.8. The van der Waals surface area contributed by atoms with Gasteiger partial charge in [-0.25, -0.2) is 4.98 Å². The first-order chi connectivity index (χ1) is 12.5. The molecule has 3 rings (SSSR count). The van der Waals surface area contributed by atoms with Crippen LogP contribution >= 0.6 is 0 Å². The first-order valence-corrected chi connectivity index (χ1v) is 8.67. The van der Waals surface area contributed by atoms with Crippen LogP contribution in [0.1, 0.15) is 36.7 Å². The van der Waals surface area contributed by atoms with Gasteiger partial charge in [-0.15, -0.1) is 0 Å². The molecule has 1 unspecified atom stereocenters. The third-order valence-electron chi connectivity index (χ3n) is 4.72. The van der Waals surface area contributed by atoms with E-state index in [1.807, 2.05) is 24.4 Å². The van der Waals surface area contributed by atoms with E-state index in [-0.39, 0.29) is 24.4 Å². The van der Waals surface area contributed by atoms with Crippen LogP contribution in [0.15, 0.2) is 30.6 Å². The molecule has 1 atom stereocenters. The predicted octanol–water partition coefficient (Wildman–Crippen LogP) is 1.26. The average Bonchev–Trinajstić information content (AvgIpc) is 2.89. The van der Waals surface area contributed by atoms with Crippen molar-refractivity contribution in [3.05, 3.63) is 36.3 Å². The molecule has 0 bridgehead atoms. The van der Waals surface area contributed by atoms with Gasteiger partial charge in [-0.1, -0.05) is 6.07 Å². The van der Waals surface area contributed by atoms with Crippen molar-refractivity contribution in [1.82, 2.24) is 19.2 Å². The van der Waals surface area contributed by atoms with E-state index in [1.54, 1.807) is 15.5 Å². The van der Waals surface area contributed by atoms with E-state index in [9.17, 15) is 14.4 Å². The van der Waals surface area contributed by atoms with Gasteiger partial charge in [-0.2, -0.15) is 0 Å². The number of rotatable bonds is 4. The number of imidazole rings is 1. The Kier molecular flexibility index (Phi) is 5.20. The maximum Gasteiger partial charge on any atom is 0.323 e. The molecule has 2 aromatic rings. The summed E-state index contributed by atoms with van der Waals surface area (Å²) in [6.45, 7) is 2.12. The highest BCUT2D eigenvalue weighted by molar-refractivity contribution is 5.93. The number of carboxylic acids is 1. The fraction of sp³-hybridized carbons (Fsp3) is 0.444. The number of likely N-dealkylation sites (tertiary alicyclic amines) is 1. The van der Waals surface area contributed by atoms with Gasteiger partial charge in [0.15, 0.2) is 0 Å². The topological polar surface area (TPSA) is 95.2 Å². The third-order valence-corrected chi connectivity index (χ3v) is 4.72. The number of carbonyl (C=O) groups excluding carboxylic acids is 2. The van der Waals surface area contributed by atoms with Crippen molar-refractivity contribution in [2.24, 2.45) is 0 Å². The van der Waals surface area contributed by atoms with Crippen LogP contribution in [0.5, 0.6) is 0 Å². The number of carbonyl (C=O) groups is 3. The van der Waals surface area contributed by atoms with E-state index in [2.05, 4.69) is 4.98 Å². The first-order valence-electron chi connectivity index (χ1n) is 8.67. The molecule has 26 heavy (non-hydrogen) atoms. The molecule has 2 amide bonds. The monoisotopic (exact) mass is 358 g/mol. The summed E-state index contributed by atoms with van der Waals surface area (Å²) in [5.41, 5.74) is 1.11. The molecule has 138 valence electrons. The zero-order valence-electron chi connectivity index (χ0n) is 14.7. The Labute approximate surface area is 151 Å². The number of amides is 2. The van der Waals surface area contributed by atoms with E-state index in [0.717, 1.165) is 0 Å². The molecule has 1 saturated heterocycles. The lowest BCUT2D eigenvalue weighted by Crippen LogP contribution is -2.43. The van der Waals surface area contributed by atoms with Gasteiger partial charge in [0.1, 0.15) is 17.9 Å². The van der Waals surface area contributed by atoms with Gasteiger partial charge in [0.2, 0.25) is 5.91 Å². The number of hydrogen-bond acceptors (Lipinski definition) is 4. The Hall–Kier alpha value is -2.90. The number of pyridine rings is 1. The third kappa shape index (κ3) is 3.84. The van der Waals surface area contributed by atoms with E-state index >= 15 is 0 Å². The van der Waals surface area contributed by atoms with Crippen LogP contribution in [0.3, 0.4) is 0 Å². The largest absolute Gasteiger partial charge is 0.480 e. The lowest BCUT2D eigenvalue weighted by atomic mass is 10.1. The van der Waals surface area contributed by atoms with Gasteiger partial charge in [0.25, 0.3) is 5.91 Å². The normalized spacial score (nSPS) is 17.7. The summed E-state index contributed by atoms with van der Waals surface area (Å²) in [5.74, 6) is -1.42. The molecule has 3 heterocycles. The maximum atomic E-state index is 12.8. The van der Waals surface area contributed by atoms with Gasteiger partial charge in [0.05, 0.1) is 0 Å². The summed E-state index contributed by atoms with van der Waals surface area (Å²) >= 11 is 0. The summed E-state index contributed by atoms with van der Waals surface area (Å²) in [5, 5.41) is 9.02. The summed E-state index contributed by atoms with van der Waals surface area (Å²) in [4.78, 5) is 43.1. The van der Waals surface area contributed by atoms with Crippen molar-refractivity contribution >= 4 is 23.4 Å². The first kappa shape index (κ1) is 17.9. The molecular formula is C18H22N4O4. The van der Waals surface area contributed by atoms with Crippen LogP contribution in [0, 0.1) is 0 Å². The van der Waals surface area contributed by atoms with E-state index < -0.39 is 5.97 Å². The second kappa shape index (κ2) is 7.55. The molecule has 0 aliphatic carbocycles. The fourth-order valence-corrected chi connectivity index (χ4v) is 3.44.